The monoisotopic (exact) mass is 308 g/mol. The third-order valence-electron chi connectivity index (χ3n) is 7.97. The first-order chi connectivity index (χ1) is 10.4. The first-order valence-corrected chi connectivity index (χ1v) is 9.06. The lowest BCUT2D eigenvalue weighted by atomic mass is 9.48. The lowest BCUT2D eigenvalue weighted by Gasteiger charge is -2.57. The number of rotatable bonds is 0. The fourth-order valence-electron chi connectivity index (χ4n) is 6.68. The largest absolute Gasteiger partial charge is 0.393 e. The van der Waals surface area contributed by atoms with Crippen LogP contribution in [0.5, 0.6) is 0 Å². The van der Waals surface area contributed by atoms with Crippen LogP contribution in [0, 0.1) is 28.6 Å². The maximum atomic E-state index is 14.2. The van der Waals surface area contributed by atoms with Crippen molar-refractivity contribution in [3.63, 3.8) is 0 Å². The molecule has 4 aliphatic carbocycles. The van der Waals surface area contributed by atoms with Crippen molar-refractivity contribution < 1.29 is 14.6 Å². The second-order valence-corrected chi connectivity index (χ2v) is 8.90. The van der Waals surface area contributed by atoms with Crippen LogP contribution in [0.3, 0.4) is 0 Å². The summed E-state index contributed by atoms with van der Waals surface area (Å²) in [5.74, 6) is 1.33. The van der Waals surface area contributed by atoms with Gasteiger partial charge in [-0.3, -0.25) is 0 Å². The van der Waals surface area contributed by atoms with Crippen molar-refractivity contribution in [2.45, 2.75) is 77.2 Å². The Kier molecular flexibility index (Phi) is 3.30. The molecule has 124 valence electrons. The zero-order valence-electron chi connectivity index (χ0n) is 13.8. The number of aliphatic hydroxyl groups excluding tert-OH is 2. The number of fused-ring (bicyclic) bond motifs is 5. The average molecular weight is 308 g/mol. The summed E-state index contributed by atoms with van der Waals surface area (Å²) in [4.78, 5) is 0. The maximum Gasteiger partial charge on any atom is 0.127 e. The molecule has 0 bridgehead atoms. The Balaban J connectivity index is 1.69. The molecular formula is C19H29FO2. The molecule has 2 N–H and O–H groups in total. The Morgan fingerprint density at radius 1 is 1.18 bits per heavy atom. The second-order valence-electron chi connectivity index (χ2n) is 8.90. The van der Waals surface area contributed by atoms with Crippen LogP contribution in [0.4, 0.5) is 4.39 Å². The van der Waals surface area contributed by atoms with Gasteiger partial charge in [-0.2, -0.15) is 0 Å². The van der Waals surface area contributed by atoms with Gasteiger partial charge in [-0.15, -0.1) is 0 Å². The maximum absolute atomic E-state index is 14.2. The molecule has 0 aromatic heterocycles. The first kappa shape index (κ1) is 15.1. The minimum Gasteiger partial charge on any atom is -0.393 e. The van der Waals surface area contributed by atoms with E-state index in [4.69, 9.17) is 0 Å². The Morgan fingerprint density at radius 2 is 1.95 bits per heavy atom. The molecule has 0 radical (unpaired) electrons. The summed E-state index contributed by atoms with van der Waals surface area (Å²) in [6.07, 6.45) is 6.74. The van der Waals surface area contributed by atoms with Crippen LogP contribution in [-0.4, -0.2) is 28.6 Å². The summed E-state index contributed by atoms with van der Waals surface area (Å²) in [7, 11) is 0. The number of hydrogen-bond acceptors (Lipinski definition) is 2. The highest BCUT2D eigenvalue weighted by Gasteiger charge is 2.61. The van der Waals surface area contributed by atoms with Gasteiger partial charge in [0.15, 0.2) is 0 Å². The van der Waals surface area contributed by atoms with E-state index >= 15 is 0 Å². The third-order valence-corrected chi connectivity index (χ3v) is 7.97. The van der Waals surface area contributed by atoms with E-state index in [1.807, 2.05) is 0 Å². The average Bonchev–Trinajstić information content (AvgIpc) is 2.70. The van der Waals surface area contributed by atoms with Crippen LogP contribution >= 0.6 is 0 Å². The van der Waals surface area contributed by atoms with Crippen LogP contribution in [0.1, 0.15) is 58.8 Å². The number of halogens is 1. The molecule has 3 saturated carbocycles. The van der Waals surface area contributed by atoms with Gasteiger partial charge < -0.3 is 10.2 Å². The molecule has 0 heterocycles. The van der Waals surface area contributed by atoms with E-state index in [9.17, 15) is 14.6 Å². The number of alkyl halides is 1. The van der Waals surface area contributed by atoms with E-state index in [2.05, 4.69) is 19.9 Å². The highest BCUT2D eigenvalue weighted by Crippen LogP contribution is 2.65. The SMILES string of the molecule is C[C@]12CC[C@H]3[C@@H](CC=C4CC[C@@H](O)C[C@@]43C)[C@@H]1C[C@@H](F)[C@H]2O. The number of aliphatic hydroxyl groups is 2. The number of allylic oxidation sites excluding steroid dienone is 2. The molecule has 3 heteroatoms. The zero-order chi connectivity index (χ0) is 15.7. The van der Waals surface area contributed by atoms with Crippen molar-refractivity contribution in [1.29, 1.82) is 0 Å². The standard InChI is InChI=1S/C19H29FO2/c1-18-8-7-14-13(15(18)9-16(20)17(18)22)6-4-11-3-5-12(21)10-19(11,14)2/h4,12-17,21-22H,3,5-10H2,1-2H3/t12-,13-,14+,15+,16-,17-,18+,19+/m1/s1. The fourth-order valence-corrected chi connectivity index (χ4v) is 6.68. The van der Waals surface area contributed by atoms with Crippen LogP contribution in [0.2, 0.25) is 0 Å². The van der Waals surface area contributed by atoms with Crippen molar-refractivity contribution in [2.75, 3.05) is 0 Å². The van der Waals surface area contributed by atoms with E-state index < -0.39 is 12.3 Å². The van der Waals surface area contributed by atoms with Crippen LogP contribution in [-0.2, 0) is 0 Å². The van der Waals surface area contributed by atoms with Crippen LogP contribution in [0.15, 0.2) is 11.6 Å². The minimum atomic E-state index is -1.05. The second kappa shape index (κ2) is 4.80. The highest BCUT2D eigenvalue weighted by molar-refractivity contribution is 5.25. The van der Waals surface area contributed by atoms with Crippen LogP contribution in [0.25, 0.3) is 0 Å². The molecule has 22 heavy (non-hydrogen) atoms. The van der Waals surface area contributed by atoms with Gasteiger partial charge in [-0.05, 0) is 73.5 Å². The van der Waals surface area contributed by atoms with Gasteiger partial charge in [0.25, 0.3) is 0 Å². The van der Waals surface area contributed by atoms with Crippen LogP contribution < -0.4 is 0 Å². The van der Waals surface area contributed by atoms with Crippen molar-refractivity contribution in [3.05, 3.63) is 11.6 Å². The Bertz CT molecular complexity index is 504. The molecule has 0 saturated heterocycles. The van der Waals surface area contributed by atoms with E-state index in [0.717, 1.165) is 38.5 Å². The van der Waals surface area contributed by atoms with Gasteiger partial charge in [-0.1, -0.05) is 25.5 Å². The highest BCUT2D eigenvalue weighted by atomic mass is 19.1. The van der Waals surface area contributed by atoms with Gasteiger partial charge in [-0.25, -0.2) is 4.39 Å². The quantitative estimate of drug-likeness (QED) is 0.671. The van der Waals surface area contributed by atoms with Gasteiger partial charge in [0, 0.05) is 0 Å². The molecule has 0 amide bonds. The minimum absolute atomic E-state index is 0.0985. The Labute approximate surface area is 132 Å². The summed E-state index contributed by atoms with van der Waals surface area (Å²) < 4.78 is 14.2. The molecule has 8 atom stereocenters. The summed E-state index contributed by atoms with van der Waals surface area (Å²) in [6, 6.07) is 0. The summed E-state index contributed by atoms with van der Waals surface area (Å²) in [5, 5.41) is 20.5. The molecule has 0 unspecified atom stereocenters. The predicted octanol–water partition coefficient (Wildman–Crippen LogP) is 3.62. The molecule has 0 aromatic rings. The molecule has 2 nitrogen and oxygen atoms in total. The lowest BCUT2D eigenvalue weighted by molar-refractivity contribution is -0.0805. The van der Waals surface area contributed by atoms with Crippen molar-refractivity contribution in [1.82, 2.24) is 0 Å². The summed E-state index contributed by atoms with van der Waals surface area (Å²) in [6.45, 7) is 4.44. The molecule has 0 aliphatic heterocycles. The summed E-state index contributed by atoms with van der Waals surface area (Å²) in [5.41, 5.74) is 1.40. The lowest BCUT2D eigenvalue weighted by Crippen LogP contribution is -2.51. The normalized spacial score (nSPS) is 57.6. The van der Waals surface area contributed by atoms with E-state index in [1.165, 1.54) is 5.57 Å². The molecular weight excluding hydrogens is 279 g/mol. The Hall–Kier alpha value is -0.410. The van der Waals surface area contributed by atoms with Crippen molar-refractivity contribution >= 4 is 0 Å². The first-order valence-electron chi connectivity index (χ1n) is 9.06. The van der Waals surface area contributed by atoms with Gasteiger partial charge in [0.05, 0.1) is 12.2 Å². The zero-order valence-corrected chi connectivity index (χ0v) is 13.8. The van der Waals surface area contributed by atoms with E-state index in [0.29, 0.717) is 24.2 Å². The van der Waals surface area contributed by atoms with Crippen molar-refractivity contribution in [2.24, 2.45) is 28.6 Å². The smallest absolute Gasteiger partial charge is 0.127 e. The molecule has 3 fully saturated rings. The molecule has 4 aliphatic rings. The van der Waals surface area contributed by atoms with Gasteiger partial charge in [0.1, 0.15) is 6.17 Å². The van der Waals surface area contributed by atoms with E-state index in [-0.39, 0.29) is 16.9 Å². The summed E-state index contributed by atoms with van der Waals surface area (Å²) >= 11 is 0. The topological polar surface area (TPSA) is 40.5 Å². The predicted molar refractivity (Wildman–Crippen MR) is 84.0 cm³/mol. The molecule has 0 aromatic carbocycles. The molecule has 0 spiro atoms. The Morgan fingerprint density at radius 3 is 2.73 bits per heavy atom. The number of hydrogen-bond donors (Lipinski definition) is 2. The van der Waals surface area contributed by atoms with Crippen molar-refractivity contribution in [3.8, 4) is 0 Å². The molecule has 4 rings (SSSR count). The third kappa shape index (κ3) is 1.84. The fraction of sp³-hybridized carbons (Fsp3) is 0.895. The van der Waals surface area contributed by atoms with E-state index in [1.54, 1.807) is 0 Å². The van der Waals surface area contributed by atoms with Gasteiger partial charge >= 0.3 is 0 Å². The van der Waals surface area contributed by atoms with Gasteiger partial charge in [0.2, 0.25) is 0 Å².